The van der Waals surface area contributed by atoms with Crippen LogP contribution in [0.15, 0.2) is 53.4 Å². The van der Waals surface area contributed by atoms with Crippen LogP contribution in [0.25, 0.3) is 11.1 Å². The molecule has 0 saturated carbocycles. The van der Waals surface area contributed by atoms with Crippen molar-refractivity contribution < 1.29 is 40.3 Å². The molecule has 3 aromatic rings. The zero-order chi connectivity index (χ0) is 30.4. The van der Waals surface area contributed by atoms with Crippen LogP contribution in [-0.2, 0) is 23.6 Å². The maximum atomic E-state index is 14.6. The second kappa shape index (κ2) is 11.4. The number of alkyl halides is 6. The van der Waals surface area contributed by atoms with Gasteiger partial charge in [0.1, 0.15) is 11.9 Å². The molecular formula is C29H25ClF7NO2S. The molecule has 1 heterocycles. The van der Waals surface area contributed by atoms with Crippen molar-refractivity contribution in [2.45, 2.75) is 62.6 Å². The van der Waals surface area contributed by atoms with Gasteiger partial charge in [-0.2, -0.15) is 26.3 Å². The predicted molar refractivity (Wildman–Crippen MR) is 143 cm³/mol. The first-order valence-corrected chi connectivity index (χ1v) is 14.0. The van der Waals surface area contributed by atoms with Gasteiger partial charge >= 0.3 is 18.4 Å². The minimum Gasteiger partial charge on any atom is -0.439 e. The molecule has 1 aliphatic rings. The van der Waals surface area contributed by atoms with Gasteiger partial charge in [-0.25, -0.2) is 9.18 Å². The topological polar surface area (TPSA) is 29.5 Å². The third kappa shape index (κ3) is 6.45. The number of amides is 1. The Morgan fingerprint density at radius 3 is 2.10 bits per heavy atom. The molecule has 2 atom stereocenters. The van der Waals surface area contributed by atoms with Crippen molar-refractivity contribution in [3.63, 3.8) is 0 Å². The van der Waals surface area contributed by atoms with Crippen LogP contribution in [0.3, 0.4) is 0 Å². The standard InChI is InChI=1S/C29H25ClF7NO2S/c1-14(2)22-11-23(24(30)12-25(22)31)21-6-5-20(41-4)9-17(21)13-38-15(3)26(40-27(38)39)16-7-18(28(32,33)34)10-19(8-16)29(35,36)37/h5-12,14-15,26H,13H2,1-4H3. The largest absolute Gasteiger partial charge is 0.439 e. The molecule has 1 amide bonds. The van der Waals surface area contributed by atoms with E-state index in [0.717, 1.165) is 4.90 Å². The summed E-state index contributed by atoms with van der Waals surface area (Å²) in [6.07, 6.45) is -10.5. The third-order valence-electron chi connectivity index (χ3n) is 6.98. The Kier molecular flexibility index (Phi) is 8.62. The Balaban J connectivity index is 1.75. The number of benzene rings is 3. The molecule has 0 bridgehead atoms. The number of ether oxygens (including phenoxy) is 1. The molecule has 0 radical (unpaired) electrons. The fraction of sp³-hybridized carbons (Fsp3) is 0.345. The summed E-state index contributed by atoms with van der Waals surface area (Å²) >= 11 is 7.86. The second-order valence-electron chi connectivity index (χ2n) is 10.0. The molecule has 0 aliphatic carbocycles. The number of carbonyl (C=O) groups excluding carboxylic acids is 1. The summed E-state index contributed by atoms with van der Waals surface area (Å²) in [5.41, 5.74) is -1.28. The van der Waals surface area contributed by atoms with Crippen LogP contribution in [0, 0.1) is 5.82 Å². The smallest absolute Gasteiger partial charge is 0.416 e. The Hall–Kier alpha value is -2.92. The van der Waals surface area contributed by atoms with E-state index in [1.807, 2.05) is 26.2 Å². The molecule has 4 rings (SSSR count). The minimum absolute atomic E-state index is 0.0285. The molecule has 0 N–H and O–H groups in total. The van der Waals surface area contributed by atoms with Crippen molar-refractivity contribution in [2.75, 3.05) is 6.26 Å². The van der Waals surface area contributed by atoms with Crippen LogP contribution in [0.4, 0.5) is 35.5 Å². The molecule has 3 nitrogen and oxygen atoms in total. The van der Waals surface area contributed by atoms with Crippen LogP contribution < -0.4 is 0 Å². The Bertz CT molecular complexity index is 1440. The lowest BCUT2D eigenvalue weighted by atomic mass is 9.93. The normalized spacial score (nSPS) is 17.9. The summed E-state index contributed by atoms with van der Waals surface area (Å²) in [6, 6.07) is 8.49. The van der Waals surface area contributed by atoms with E-state index in [-0.39, 0.29) is 23.6 Å². The quantitative estimate of drug-likeness (QED) is 0.203. The summed E-state index contributed by atoms with van der Waals surface area (Å²) in [5.74, 6) is -0.613. The van der Waals surface area contributed by atoms with Gasteiger partial charge in [-0.15, -0.1) is 11.8 Å². The van der Waals surface area contributed by atoms with Gasteiger partial charge in [0.2, 0.25) is 0 Å². The lowest BCUT2D eigenvalue weighted by molar-refractivity contribution is -0.143. The Labute approximate surface area is 241 Å². The summed E-state index contributed by atoms with van der Waals surface area (Å²) in [4.78, 5) is 15.0. The first kappa shape index (κ1) is 31.0. The molecule has 41 heavy (non-hydrogen) atoms. The van der Waals surface area contributed by atoms with Gasteiger partial charge in [-0.05, 0) is 83.8 Å². The van der Waals surface area contributed by atoms with Crippen molar-refractivity contribution in [3.05, 3.63) is 87.2 Å². The van der Waals surface area contributed by atoms with Gasteiger partial charge in [0.15, 0.2) is 0 Å². The van der Waals surface area contributed by atoms with Gasteiger partial charge < -0.3 is 4.74 Å². The average Bonchev–Trinajstić information content (AvgIpc) is 3.16. The molecule has 1 saturated heterocycles. The lowest BCUT2D eigenvalue weighted by Gasteiger charge is -2.24. The van der Waals surface area contributed by atoms with Gasteiger partial charge in [0.25, 0.3) is 0 Å². The van der Waals surface area contributed by atoms with Crippen molar-refractivity contribution >= 4 is 29.5 Å². The van der Waals surface area contributed by atoms with Gasteiger partial charge in [-0.1, -0.05) is 31.5 Å². The summed E-state index contributed by atoms with van der Waals surface area (Å²) < 4.78 is 101. The molecule has 3 aromatic carbocycles. The van der Waals surface area contributed by atoms with Crippen LogP contribution >= 0.6 is 23.4 Å². The number of cyclic esters (lactones) is 1. The first-order chi connectivity index (χ1) is 19.0. The Morgan fingerprint density at radius 2 is 1.56 bits per heavy atom. The number of carbonyl (C=O) groups is 1. The first-order valence-electron chi connectivity index (χ1n) is 12.4. The predicted octanol–water partition coefficient (Wildman–Crippen LogP) is 10.1. The highest BCUT2D eigenvalue weighted by Crippen LogP contribution is 2.42. The van der Waals surface area contributed by atoms with Gasteiger partial charge in [0.05, 0.1) is 28.7 Å². The highest BCUT2D eigenvalue weighted by Gasteiger charge is 2.43. The molecule has 2 unspecified atom stereocenters. The van der Waals surface area contributed by atoms with Crippen molar-refractivity contribution in [2.24, 2.45) is 0 Å². The van der Waals surface area contributed by atoms with E-state index in [1.54, 1.807) is 18.2 Å². The highest BCUT2D eigenvalue weighted by atomic mass is 35.5. The van der Waals surface area contributed by atoms with E-state index < -0.39 is 53.1 Å². The maximum absolute atomic E-state index is 14.6. The zero-order valence-electron chi connectivity index (χ0n) is 22.3. The monoisotopic (exact) mass is 619 g/mol. The van der Waals surface area contributed by atoms with E-state index in [2.05, 4.69) is 0 Å². The molecule has 0 spiro atoms. The van der Waals surface area contributed by atoms with E-state index in [9.17, 15) is 35.5 Å². The van der Waals surface area contributed by atoms with Crippen molar-refractivity contribution in [1.82, 2.24) is 4.90 Å². The van der Waals surface area contributed by atoms with E-state index >= 15 is 0 Å². The van der Waals surface area contributed by atoms with Crippen LogP contribution in [0.5, 0.6) is 0 Å². The molecule has 1 aliphatic heterocycles. The molecular weight excluding hydrogens is 595 g/mol. The summed E-state index contributed by atoms with van der Waals surface area (Å²) in [6.45, 7) is 5.06. The van der Waals surface area contributed by atoms with Gasteiger partial charge in [0, 0.05) is 10.5 Å². The maximum Gasteiger partial charge on any atom is 0.416 e. The second-order valence-corrected chi connectivity index (χ2v) is 11.3. The fourth-order valence-corrected chi connectivity index (χ4v) is 5.51. The van der Waals surface area contributed by atoms with E-state index in [4.69, 9.17) is 16.3 Å². The van der Waals surface area contributed by atoms with Gasteiger partial charge in [-0.3, -0.25) is 4.90 Å². The van der Waals surface area contributed by atoms with Crippen LogP contribution in [0.2, 0.25) is 5.02 Å². The number of hydrogen-bond donors (Lipinski definition) is 0. The molecule has 1 fully saturated rings. The number of thioether (sulfide) groups is 1. The number of nitrogens with zero attached hydrogens (tertiary/aromatic N) is 1. The lowest BCUT2D eigenvalue weighted by Crippen LogP contribution is -2.31. The zero-order valence-corrected chi connectivity index (χ0v) is 23.8. The summed E-state index contributed by atoms with van der Waals surface area (Å²) in [5, 5.41) is 0.142. The summed E-state index contributed by atoms with van der Waals surface area (Å²) in [7, 11) is 0. The minimum atomic E-state index is -5.04. The van der Waals surface area contributed by atoms with E-state index in [0.29, 0.717) is 34.4 Å². The van der Waals surface area contributed by atoms with Crippen molar-refractivity contribution in [1.29, 1.82) is 0 Å². The average molecular weight is 620 g/mol. The fourth-order valence-electron chi connectivity index (χ4n) is 4.79. The molecule has 0 aromatic heterocycles. The van der Waals surface area contributed by atoms with Crippen LogP contribution in [0.1, 0.15) is 60.6 Å². The Morgan fingerprint density at radius 1 is 0.951 bits per heavy atom. The van der Waals surface area contributed by atoms with Crippen molar-refractivity contribution in [3.8, 4) is 11.1 Å². The van der Waals surface area contributed by atoms with E-state index in [1.165, 1.54) is 29.7 Å². The highest BCUT2D eigenvalue weighted by molar-refractivity contribution is 7.98. The molecule has 220 valence electrons. The van der Waals surface area contributed by atoms with Crippen LogP contribution in [-0.4, -0.2) is 23.3 Å². The SMILES string of the molecule is CSc1ccc(-c2cc(C(C)C)c(F)cc2Cl)c(CN2C(=O)OC(c3cc(C(F)(F)F)cc(C(F)(F)F)c3)C2C)c1. The third-order valence-corrected chi connectivity index (χ3v) is 8.02. The number of hydrogen-bond acceptors (Lipinski definition) is 3. The number of halogens is 8. The molecule has 12 heteroatoms. The number of rotatable bonds is 6.